The SMILES string of the molecule is CCCn1cc(Nc2ncc(C(F)(F)F)c(NC)n2)c(C)n1. The second kappa shape index (κ2) is 6.20. The predicted octanol–water partition coefficient (Wildman–Crippen LogP) is 3.20. The summed E-state index contributed by atoms with van der Waals surface area (Å²) in [5.74, 6) is -0.194. The molecule has 0 unspecified atom stereocenters. The van der Waals surface area contributed by atoms with Crippen LogP contribution in [0.3, 0.4) is 0 Å². The standard InChI is InChI=1S/C13H17F3N6/c1-4-5-22-7-10(8(2)21-22)19-12-18-6-9(13(14,15)16)11(17-3)20-12/h6-7H,4-5H2,1-3H3,(H2,17,18,19,20). The Labute approximate surface area is 125 Å². The molecule has 0 spiro atoms. The molecular weight excluding hydrogens is 297 g/mol. The molecule has 2 aromatic heterocycles. The average molecular weight is 314 g/mol. The number of halogens is 3. The number of aryl methyl sites for hydroxylation is 2. The number of nitrogens with zero attached hydrogens (tertiary/aromatic N) is 4. The Balaban J connectivity index is 2.27. The molecule has 0 atom stereocenters. The Hall–Kier alpha value is -2.32. The minimum atomic E-state index is -4.50. The third-order valence-corrected chi connectivity index (χ3v) is 2.98. The van der Waals surface area contributed by atoms with Crippen molar-refractivity contribution in [2.45, 2.75) is 33.0 Å². The summed E-state index contributed by atoms with van der Waals surface area (Å²) >= 11 is 0. The van der Waals surface area contributed by atoms with E-state index in [0.29, 0.717) is 5.69 Å². The molecule has 6 nitrogen and oxygen atoms in total. The van der Waals surface area contributed by atoms with E-state index in [1.165, 1.54) is 7.05 Å². The van der Waals surface area contributed by atoms with Crippen LogP contribution in [0.4, 0.5) is 30.6 Å². The second-order valence-electron chi connectivity index (χ2n) is 4.72. The first-order valence-corrected chi connectivity index (χ1v) is 6.78. The largest absolute Gasteiger partial charge is 0.421 e. The van der Waals surface area contributed by atoms with Crippen LogP contribution >= 0.6 is 0 Å². The highest BCUT2D eigenvalue weighted by molar-refractivity contribution is 5.57. The third-order valence-electron chi connectivity index (χ3n) is 2.98. The van der Waals surface area contributed by atoms with Gasteiger partial charge in [0.2, 0.25) is 5.95 Å². The van der Waals surface area contributed by atoms with Gasteiger partial charge in [-0.1, -0.05) is 6.92 Å². The number of aromatic nitrogens is 4. The van der Waals surface area contributed by atoms with Gasteiger partial charge < -0.3 is 10.6 Å². The van der Waals surface area contributed by atoms with Gasteiger partial charge >= 0.3 is 6.18 Å². The van der Waals surface area contributed by atoms with Crippen molar-refractivity contribution < 1.29 is 13.2 Å². The number of anilines is 3. The van der Waals surface area contributed by atoms with Crippen LogP contribution in [-0.4, -0.2) is 26.8 Å². The zero-order valence-electron chi connectivity index (χ0n) is 12.5. The molecule has 0 saturated heterocycles. The highest BCUT2D eigenvalue weighted by Crippen LogP contribution is 2.33. The zero-order chi connectivity index (χ0) is 16.3. The number of rotatable bonds is 5. The first-order chi connectivity index (χ1) is 10.3. The molecule has 0 aliphatic heterocycles. The maximum absolute atomic E-state index is 12.8. The van der Waals surface area contributed by atoms with E-state index in [-0.39, 0.29) is 11.8 Å². The van der Waals surface area contributed by atoms with Gasteiger partial charge in [0.25, 0.3) is 0 Å². The van der Waals surface area contributed by atoms with Crippen LogP contribution in [-0.2, 0) is 12.7 Å². The Bertz CT molecular complexity index is 650. The maximum Gasteiger partial charge on any atom is 0.421 e. The fraction of sp³-hybridized carbons (Fsp3) is 0.462. The molecule has 0 fully saturated rings. The number of alkyl halides is 3. The smallest absolute Gasteiger partial charge is 0.372 e. The van der Waals surface area contributed by atoms with E-state index in [0.717, 1.165) is 24.9 Å². The molecule has 2 rings (SSSR count). The Morgan fingerprint density at radius 3 is 2.64 bits per heavy atom. The second-order valence-corrected chi connectivity index (χ2v) is 4.72. The van der Waals surface area contributed by atoms with Crippen LogP contribution < -0.4 is 10.6 Å². The maximum atomic E-state index is 12.8. The number of nitrogens with one attached hydrogen (secondary N) is 2. The Morgan fingerprint density at radius 2 is 2.05 bits per heavy atom. The molecule has 2 N–H and O–H groups in total. The van der Waals surface area contributed by atoms with Crippen molar-refractivity contribution in [2.75, 3.05) is 17.7 Å². The first-order valence-electron chi connectivity index (χ1n) is 6.78. The van der Waals surface area contributed by atoms with Gasteiger partial charge in [0, 0.05) is 26.0 Å². The molecular formula is C13H17F3N6. The lowest BCUT2D eigenvalue weighted by molar-refractivity contribution is -0.137. The lowest BCUT2D eigenvalue weighted by atomic mass is 10.3. The van der Waals surface area contributed by atoms with Crippen LogP contribution in [0.15, 0.2) is 12.4 Å². The molecule has 22 heavy (non-hydrogen) atoms. The van der Waals surface area contributed by atoms with E-state index in [2.05, 4.69) is 25.7 Å². The van der Waals surface area contributed by atoms with Crippen molar-refractivity contribution in [1.29, 1.82) is 0 Å². The van der Waals surface area contributed by atoms with Crippen LogP contribution in [0.25, 0.3) is 0 Å². The van der Waals surface area contributed by atoms with E-state index in [1.807, 2.05) is 6.92 Å². The normalized spacial score (nSPS) is 11.5. The molecule has 2 heterocycles. The Kier molecular flexibility index (Phi) is 4.53. The Morgan fingerprint density at radius 1 is 1.32 bits per heavy atom. The van der Waals surface area contributed by atoms with Gasteiger partial charge in [-0.25, -0.2) is 4.98 Å². The highest BCUT2D eigenvalue weighted by atomic mass is 19.4. The number of hydrogen-bond donors (Lipinski definition) is 2. The summed E-state index contributed by atoms with van der Waals surface area (Å²) in [6.45, 7) is 4.60. The van der Waals surface area contributed by atoms with E-state index in [1.54, 1.807) is 17.8 Å². The lowest BCUT2D eigenvalue weighted by Gasteiger charge is -2.12. The molecule has 0 amide bonds. The summed E-state index contributed by atoms with van der Waals surface area (Å²) < 4.78 is 40.1. The summed E-state index contributed by atoms with van der Waals surface area (Å²) in [5, 5.41) is 9.63. The van der Waals surface area contributed by atoms with Crippen molar-refractivity contribution in [3.63, 3.8) is 0 Å². The highest BCUT2D eigenvalue weighted by Gasteiger charge is 2.35. The van der Waals surface area contributed by atoms with Gasteiger partial charge in [-0.05, 0) is 13.3 Å². The van der Waals surface area contributed by atoms with Gasteiger partial charge in [0.05, 0.1) is 11.4 Å². The van der Waals surface area contributed by atoms with Crippen molar-refractivity contribution in [1.82, 2.24) is 19.7 Å². The minimum absolute atomic E-state index is 0.0801. The van der Waals surface area contributed by atoms with Crippen molar-refractivity contribution in [3.05, 3.63) is 23.7 Å². The van der Waals surface area contributed by atoms with Crippen LogP contribution in [0.2, 0.25) is 0 Å². The lowest BCUT2D eigenvalue weighted by Crippen LogP contribution is -2.12. The minimum Gasteiger partial charge on any atom is -0.372 e. The van der Waals surface area contributed by atoms with E-state index in [9.17, 15) is 13.2 Å². The molecule has 0 saturated carbocycles. The molecule has 0 aliphatic carbocycles. The van der Waals surface area contributed by atoms with Crippen LogP contribution in [0, 0.1) is 6.92 Å². The van der Waals surface area contributed by atoms with Gasteiger partial charge in [-0.3, -0.25) is 4.68 Å². The molecule has 0 aliphatic rings. The number of hydrogen-bond acceptors (Lipinski definition) is 5. The van der Waals surface area contributed by atoms with Crippen molar-refractivity contribution >= 4 is 17.5 Å². The van der Waals surface area contributed by atoms with Crippen molar-refractivity contribution in [3.8, 4) is 0 Å². The fourth-order valence-electron chi connectivity index (χ4n) is 1.94. The predicted molar refractivity (Wildman–Crippen MR) is 77.1 cm³/mol. The monoisotopic (exact) mass is 314 g/mol. The van der Waals surface area contributed by atoms with Gasteiger partial charge in [-0.2, -0.15) is 23.3 Å². The van der Waals surface area contributed by atoms with E-state index >= 15 is 0 Å². The van der Waals surface area contributed by atoms with Crippen LogP contribution in [0.5, 0.6) is 0 Å². The summed E-state index contributed by atoms with van der Waals surface area (Å²) in [7, 11) is 1.38. The van der Waals surface area contributed by atoms with Crippen LogP contribution in [0.1, 0.15) is 24.6 Å². The first kappa shape index (κ1) is 16.1. The molecule has 0 radical (unpaired) electrons. The molecule has 9 heteroatoms. The summed E-state index contributed by atoms with van der Waals surface area (Å²) in [5.41, 5.74) is 0.483. The van der Waals surface area contributed by atoms with Gasteiger partial charge in [0.1, 0.15) is 11.4 Å². The summed E-state index contributed by atoms with van der Waals surface area (Å²) in [6, 6.07) is 0. The molecule has 120 valence electrons. The topological polar surface area (TPSA) is 67.7 Å². The molecule has 0 bridgehead atoms. The quantitative estimate of drug-likeness (QED) is 0.887. The van der Waals surface area contributed by atoms with Crippen molar-refractivity contribution in [2.24, 2.45) is 0 Å². The average Bonchev–Trinajstić information content (AvgIpc) is 2.78. The fourth-order valence-corrected chi connectivity index (χ4v) is 1.94. The van der Waals surface area contributed by atoms with Gasteiger partial charge in [0.15, 0.2) is 0 Å². The third kappa shape index (κ3) is 3.46. The molecule has 2 aromatic rings. The van der Waals surface area contributed by atoms with E-state index in [4.69, 9.17) is 0 Å². The summed E-state index contributed by atoms with van der Waals surface area (Å²) in [4.78, 5) is 7.59. The van der Waals surface area contributed by atoms with E-state index < -0.39 is 11.7 Å². The van der Waals surface area contributed by atoms with Gasteiger partial charge in [-0.15, -0.1) is 0 Å². The summed E-state index contributed by atoms with van der Waals surface area (Å²) in [6.07, 6.45) is -1.04. The zero-order valence-corrected chi connectivity index (χ0v) is 12.5. The molecule has 0 aromatic carbocycles.